The Morgan fingerprint density at radius 3 is 2.74 bits per heavy atom. The van der Waals surface area contributed by atoms with Gasteiger partial charge in [-0.05, 0) is 42.2 Å². The standard InChI is InChI=1S/C25H28O6/c1-15-7-8-18(11-16(15)2)24-28-14-21-23(29-24)22(20(27)13-26)31-25(30-21)10-9-17-5-3-4-6-19(17)12-25/h3-11,20-24,26-27H,12-14H2,1-2H3/t20-,21+,22-,23-,24?,25?/m1/s1. The first kappa shape index (κ1) is 20.8. The Morgan fingerprint density at radius 2 is 1.94 bits per heavy atom. The SMILES string of the molecule is Cc1ccc(C2OC[C@@H]3OC4(C=Cc5ccccc5C4)O[C@H]([C@H](O)CO)[C@@H]3O2)cc1C. The molecule has 5 rings (SSSR count). The largest absolute Gasteiger partial charge is 0.394 e. The van der Waals surface area contributed by atoms with E-state index in [4.69, 9.17) is 18.9 Å². The molecule has 6 heteroatoms. The Kier molecular flexibility index (Phi) is 5.46. The van der Waals surface area contributed by atoms with Crippen LogP contribution >= 0.6 is 0 Å². The molecule has 0 radical (unpaired) electrons. The van der Waals surface area contributed by atoms with Crippen LogP contribution in [-0.4, -0.2) is 53.6 Å². The minimum Gasteiger partial charge on any atom is -0.394 e. The van der Waals surface area contributed by atoms with Crippen molar-refractivity contribution in [2.75, 3.05) is 13.2 Å². The minimum atomic E-state index is -1.10. The average Bonchev–Trinajstić information content (AvgIpc) is 2.79. The zero-order chi connectivity index (χ0) is 21.6. The van der Waals surface area contributed by atoms with Gasteiger partial charge in [0.2, 0.25) is 0 Å². The average molecular weight is 424 g/mol. The first-order chi connectivity index (χ1) is 15.0. The molecule has 2 N–H and O–H groups in total. The van der Waals surface area contributed by atoms with E-state index < -0.39 is 43.1 Å². The number of aryl methyl sites for hydroxylation is 2. The molecule has 2 saturated heterocycles. The number of rotatable bonds is 3. The van der Waals surface area contributed by atoms with Gasteiger partial charge in [-0.1, -0.05) is 48.5 Å². The first-order valence-corrected chi connectivity index (χ1v) is 10.7. The van der Waals surface area contributed by atoms with E-state index in [1.165, 1.54) is 5.56 Å². The van der Waals surface area contributed by atoms with Crippen LogP contribution in [0, 0.1) is 13.8 Å². The molecule has 0 aromatic heterocycles. The summed E-state index contributed by atoms with van der Waals surface area (Å²) in [6.45, 7) is 3.98. The number of fused-ring (bicyclic) bond motifs is 2. The lowest BCUT2D eigenvalue weighted by Gasteiger charge is -2.51. The van der Waals surface area contributed by atoms with Crippen molar-refractivity contribution < 1.29 is 29.2 Å². The Labute approximate surface area is 182 Å². The summed E-state index contributed by atoms with van der Waals surface area (Å²) in [5.41, 5.74) is 5.48. The van der Waals surface area contributed by atoms with E-state index in [1.54, 1.807) is 0 Å². The summed E-state index contributed by atoms with van der Waals surface area (Å²) in [7, 11) is 0. The molecule has 2 fully saturated rings. The maximum atomic E-state index is 10.6. The summed E-state index contributed by atoms with van der Waals surface area (Å²) < 4.78 is 25.0. The number of aliphatic hydroxyl groups is 2. The fourth-order valence-corrected chi connectivity index (χ4v) is 4.57. The topological polar surface area (TPSA) is 77.4 Å². The highest BCUT2D eigenvalue weighted by atomic mass is 16.8. The summed E-state index contributed by atoms with van der Waals surface area (Å²) in [5.74, 6) is -1.03. The van der Waals surface area contributed by atoms with Crippen LogP contribution in [0.1, 0.15) is 34.1 Å². The number of hydrogen-bond acceptors (Lipinski definition) is 6. The van der Waals surface area contributed by atoms with E-state index in [-0.39, 0.29) is 0 Å². The predicted octanol–water partition coefficient (Wildman–Crippen LogP) is 2.82. The monoisotopic (exact) mass is 424 g/mol. The van der Waals surface area contributed by atoms with Crippen molar-refractivity contribution in [3.05, 3.63) is 76.4 Å². The van der Waals surface area contributed by atoms with Crippen LogP contribution < -0.4 is 0 Å². The molecule has 2 unspecified atom stereocenters. The highest BCUT2D eigenvalue weighted by molar-refractivity contribution is 5.58. The lowest BCUT2D eigenvalue weighted by Crippen LogP contribution is -2.64. The third-order valence-corrected chi connectivity index (χ3v) is 6.45. The highest BCUT2D eigenvalue weighted by Gasteiger charge is 2.53. The van der Waals surface area contributed by atoms with Crippen LogP contribution in [0.25, 0.3) is 6.08 Å². The van der Waals surface area contributed by atoms with Gasteiger partial charge in [0.05, 0.1) is 13.2 Å². The lowest BCUT2D eigenvalue weighted by molar-refractivity contribution is -0.393. The lowest BCUT2D eigenvalue weighted by atomic mass is 9.90. The summed E-state index contributed by atoms with van der Waals surface area (Å²) >= 11 is 0. The zero-order valence-electron chi connectivity index (χ0n) is 17.7. The van der Waals surface area contributed by atoms with Crippen LogP contribution in [0.2, 0.25) is 0 Å². The first-order valence-electron chi connectivity index (χ1n) is 10.7. The van der Waals surface area contributed by atoms with Gasteiger partial charge >= 0.3 is 0 Å². The molecule has 3 aliphatic rings. The molecule has 2 aromatic carbocycles. The van der Waals surface area contributed by atoms with Gasteiger partial charge in [0, 0.05) is 12.0 Å². The molecule has 2 aromatic rings. The van der Waals surface area contributed by atoms with Gasteiger partial charge in [-0.15, -0.1) is 0 Å². The van der Waals surface area contributed by atoms with Gasteiger partial charge in [0.1, 0.15) is 24.4 Å². The minimum absolute atomic E-state index is 0.303. The molecule has 6 nitrogen and oxygen atoms in total. The van der Waals surface area contributed by atoms with Crippen LogP contribution in [0.15, 0.2) is 48.5 Å². The maximum absolute atomic E-state index is 10.6. The number of benzene rings is 2. The van der Waals surface area contributed by atoms with Crippen molar-refractivity contribution >= 4 is 6.08 Å². The second-order valence-corrected chi connectivity index (χ2v) is 8.62. The Hall–Kier alpha value is -2.06. The van der Waals surface area contributed by atoms with Gasteiger partial charge < -0.3 is 29.2 Å². The second-order valence-electron chi connectivity index (χ2n) is 8.62. The molecule has 1 spiro atoms. The molecule has 6 atom stereocenters. The van der Waals surface area contributed by atoms with E-state index in [1.807, 2.05) is 61.5 Å². The summed E-state index contributed by atoms with van der Waals surface area (Å²) in [5, 5.41) is 20.3. The molecule has 1 aliphatic carbocycles. The fourth-order valence-electron chi connectivity index (χ4n) is 4.57. The third-order valence-electron chi connectivity index (χ3n) is 6.45. The molecule has 0 amide bonds. The van der Waals surface area contributed by atoms with Gasteiger partial charge in [0.15, 0.2) is 12.1 Å². The number of hydrogen-bond donors (Lipinski definition) is 2. The van der Waals surface area contributed by atoms with E-state index in [9.17, 15) is 10.2 Å². The molecule has 2 aliphatic heterocycles. The maximum Gasteiger partial charge on any atom is 0.193 e. The molecular formula is C25H28O6. The Morgan fingerprint density at radius 1 is 1.10 bits per heavy atom. The molecule has 164 valence electrons. The van der Waals surface area contributed by atoms with E-state index in [0.717, 1.165) is 22.3 Å². The normalized spacial score (nSPS) is 33.0. The van der Waals surface area contributed by atoms with Crippen molar-refractivity contribution in [2.24, 2.45) is 0 Å². The summed E-state index contributed by atoms with van der Waals surface area (Å²) in [6.07, 6.45) is 0.934. The predicted molar refractivity (Wildman–Crippen MR) is 114 cm³/mol. The van der Waals surface area contributed by atoms with Crippen LogP contribution in [-0.2, 0) is 25.4 Å². The molecule has 0 saturated carbocycles. The molecule has 0 bridgehead atoms. The van der Waals surface area contributed by atoms with E-state index >= 15 is 0 Å². The number of ether oxygens (including phenoxy) is 4. The zero-order valence-corrected chi connectivity index (χ0v) is 17.7. The second kappa shape index (κ2) is 8.13. The third kappa shape index (κ3) is 3.84. The quantitative estimate of drug-likeness (QED) is 0.789. The van der Waals surface area contributed by atoms with Crippen LogP contribution in [0.5, 0.6) is 0 Å². The van der Waals surface area contributed by atoms with Crippen molar-refractivity contribution in [3.63, 3.8) is 0 Å². The Bertz CT molecular complexity index is 988. The van der Waals surface area contributed by atoms with Gasteiger partial charge in [-0.25, -0.2) is 0 Å². The Balaban J connectivity index is 1.41. The van der Waals surface area contributed by atoms with Crippen molar-refractivity contribution in [1.82, 2.24) is 0 Å². The van der Waals surface area contributed by atoms with Crippen molar-refractivity contribution in [2.45, 2.75) is 56.8 Å². The molecule has 2 heterocycles. The van der Waals surface area contributed by atoms with Gasteiger partial charge in [-0.2, -0.15) is 0 Å². The van der Waals surface area contributed by atoms with E-state index in [0.29, 0.717) is 13.0 Å². The molecular weight excluding hydrogens is 396 g/mol. The fraction of sp³-hybridized carbons (Fsp3) is 0.440. The van der Waals surface area contributed by atoms with Crippen LogP contribution in [0.4, 0.5) is 0 Å². The summed E-state index contributed by atoms with van der Waals surface area (Å²) in [6, 6.07) is 14.1. The molecule has 31 heavy (non-hydrogen) atoms. The van der Waals surface area contributed by atoms with Crippen molar-refractivity contribution in [1.29, 1.82) is 0 Å². The summed E-state index contributed by atoms with van der Waals surface area (Å²) in [4.78, 5) is 0. The van der Waals surface area contributed by atoms with Gasteiger partial charge in [0.25, 0.3) is 0 Å². The van der Waals surface area contributed by atoms with Gasteiger partial charge in [-0.3, -0.25) is 0 Å². The van der Waals surface area contributed by atoms with E-state index in [2.05, 4.69) is 6.92 Å². The smallest absolute Gasteiger partial charge is 0.193 e. The van der Waals surface area contributed by atoms with Crippen LogP contribution in [0.3, 0.4) is 0 Å². The highest BCUT2D eigenvalue weighted by Crippen LogP contribution is 2.42. The number of aliphatic hydroxyl groups excluding tert-OH is 2. The van der Waals surface area contributed by atoms with Crippen molar-refractivity contribution in [3.8, 4) is 0 Å².